The van der Waals surface area contributed by atoms with Crippen molar-refractivity contribution in [2.45, 2.75) is 17.5 Å². The predicted molar refractivity (Wildman–Crippen MR) is 147 cm³/mol. The molecule has 220 valence electrons. The van der Waals surface area contributed by atoms with Gasteiger partial charge in [0, 0.05) is 52.0 Å². The summed E-state index contributed by atoms with van der Waals surface area (Å²) in [5.74, 6) is -4.49. The van der Waals surface area contributed by atoms with Gasteiger partial charge in [0.2, 0.25) is 10.0 Å². The van der Waals surface area contributed by atoms with Crippen LogP contribution in [0.2, 0.25) is 5.02 Å². The quantitative estimate of drug-likeness (QED) is 0.315. The van der Waals surface area contributed by atoms with Gasteiger partial charge >= 0.3 is 6.18 Å². The van der Waals surface area contributed by atoms with Crippen molar-refractivity contribution in [3.05, 3.63) is 109 Å². The molecule has 0 aromatic heterocycles. The van der Waals surface area contributed by atoms with Crippen LogP contribution in [-0.2, 0) is 27.5 Å². The number of sulfonamides is 1. The van der Waals surface area contributed by atoms with Crippen LogP contribution in [0.5, 0.6) is 0 Å². The normalized spacial score (nSPS) is 18.0. The number of carbonyl (C=O) groups excluding carboxylic acids is 2. The van der Waals surface area contributed by atoms with Crippen LogP contribution in [0.3, 0.4) is 0 Å². The van der Waals surface area contributed by atoms with Crippen molar-refractivity contribution in [3.8, 4) is 0 Å². The van der Waals surface area contributed by atoms with E-state index in [2.05, 4.69) is 10.6 Å². The number of thioether (sulfide) groups is 1. The fourth-order valence-corrected chi connectivity index (χ4v) is 6.48. The van der Waals surface area contributed by atoms with Crippen molar-refractivity contribution < 1.29 is 40.0 Å². The van der Waals surface area contributed by atoms with Gasteiger partial charge in [0.25, 0.3) is 11.8 Å². The maximum atomic E-state index is 14.5. The minimum absolute atomic E-state index is 0.0504. The average Bonchev–Trinajstić information content (AvgIpc) is 3.69. The van der Waals surface area contributed by atoms with Crippen LogP contribution in [0.15, 0.2) is 58.8 Å². The van der Waals surface area contributed by atoms with Gasteiger partial charge in [-0.3, -0.25) is 9.59 Å². The Balaban J connectivity index is 1.73. The Morgan fingerprint density at radius 1 is 1.07 bits per heavy atom. The van der Waals surface area contributed by atoms with Crippen LogP contribution >= 0.6 is 23.4 Å². The van der Waals surface area contributed by atoms with E-state index in [0.29, 0.717) is 17.0 Å². The molecule has 0 bridgehead atoms. The molecule has 0 saturated carbocycles. The molecule has 0 spiro atoms. The molecule has 42 heavy (non-hydrogen) atoms. The van der Waals surface area contributed by atoms with E-state index in [1.54, 1.807) is 5.41 Å². The topological polar surface area (TPSA) is 95.6 Å². The number of fused-ring (bicyclic) bond motifs is 1. The number of halogens is 6. The Hall–Kier alpha value is -3.46. The number of rotatable bonds is 7. The zero-order chi connectivity index (χ0) is 30.8. The van der Waals surface area contributed by atoms with Crippen molar-refractivity contribution in [1.29, 1.82) is 0 Å². The number of anilines is 1. The highest BCUT2D eigenvalue weighted by Gasteiger charge is 2.53. The molecule has 3 aromatic carbocycles. The van der Waals surface area contributed by atoms with E-state index in [1.165, 1.54) is 44.1 Å². The number of alkyl halides is 3. The Morgan fingerprint density at radius 3 is 2.38 bits per heavy atom. The summed E-state index contributed by atoms with van der Waals surface area (Å²) in [7, 11) is -1.28. The van der Waals surface area contributed by atoms with E-state index in [9.17, 15) is 40.0 Å². The molecule has 5 rings (SSSR count). The second-order valence-electron chi connectivity index (χ2n) is 9.71. The first-order valence-electron chi connectivity index (χ1n) is 11.9. The molecule has 15 heteroatoms. The Morgan fingerprint density at radius 2 is 1.76 bits per heavy atom. The van der Waals surface area contributed by atoms with Crippen LogP contribution in [0.4, 0.5) is 27.6 Å². The van der Waals surface area contributed by atoms with Crippen molar-refractivity contribution in [3.63, 3.8) is 0 Å². The van der Waals surface area contributed by atoms with Gasteiger partial charge < -0.3 is 10.6 Å². The van der Waals surface area contributed by atoms with Gasteiger partial charge in [0.15, 0.2) is 0 Å². The molecule has 2 heterocycles. The lowest BCUT2D eigenvalue weighted by atomic mass is 9.81. The van der Waals surface area contributed by atoms with E-state index >= 15 is 0 Å². The van der Waals surface area contributed by atoms with Gasteiger partial charge in [-0.05, 0) is 59.5 Å². The molecule has 2 N–H and O–H groups in total. The molecule has 1 atom stereocenters. The Labute approximate surface area is 245 Å². The zero-order valence-corrected chi connectivity index (χ0v) is 24.0. The number of nitrogens with zero attached hydrogens (tertiary/aromatic N) is 1. The highest BCUT2D eigenvalue weighted by Crippen LogP contribution is 2.57. The van der Waals surface area contributed by atoms with E-state index in [0.717, 1.165) is 16.4 Å². The third kappa shape index (κ3) is 5.39. The number of amides is 2. The summed E-state index contributed by atoms with van der Waals surface area (Å²) in [4.78, 5) is 27.2. The summed E-state index contributed by atoms with van der Waals surface area (Å²) in [5.41, 5.74) is -3.76. The first-order chi connectivity index (χ1) is 19.5. The second-order valence-corrected chi connectivity index (χ2v) is 13.2. The second kappa shape index (κ2) is 10.4. The smallest absolute Gasteiger partial charge is 0.334 e. The first kappa shape index (κ1) is 30.0. The maximum absolute atomic E-state index is 14.5. The molecule has 2 amide bonds. The SMILES string of the molecule is CN(C)S(=O)(=O)Cc1cc(NC(=O)c2cc(F)cc(C(F)(F)F)c2)c2c(c1)C(=O)N[C@]2(C1=CS1)c1cc(F)ccc1Cl. The van der Waals surface area contributed by atoms with E-state index < -0.39 is 62.1 Å². The van der Waals surface area contributed by atoms with Gasteiger partial charge in [0.05, 0.1) is 11.3 Å². The molecular weight excluding hydrogens is 625 g/mol. The summed E-state index contributed by atoms with van der Waals surface area (Å²) in [6, 6.07) is 7.31. The summed E-state index contributed by atoms with van der Waals surface area (Å²) >= 11 is 7.66. The molecule has 7 nitrogen and oxygen atoms in total. The molecule has 0 aliphatic carbocycles. The standard InChI is InChI=1S/C27H19ClF5N3O4S2/c1-36(2)42(39,40)12-13-5-18-23(21(6-13)34-24(37)14-7-15(27(31,32)33)9-17(30)8-14)26(22-11-41-22,35-25(18)38)19-10-16(29)3-4-20(19)28/h3-11H,12H2,1-2H3,(H,34,37)(H,35,38)/t26-/m0/s1. The van der Waals surface area contributed by atoms with E-state index in [1.807, 2.05) is 0 Å². The van der Waals surface area contributed by atoms with Crippen molar-refractivity contribution in [2.75, 3.05) is 19.4 Å². The number of hydrogen-bond donors (Lipinski definition) is 2. The summed E-state index contributed by atoms with van der Waals surface area (Å²) < 4.78 is 94.9. The molecule has 2 aliphatic rings. The number of carbonyl (C=O) groups is 2. The van der Waals surface area contributed by atoms with Crippen molar-refractivity contribution >= 4 is 50.9 Å². The molecule has 2 aliphatic heterocycles. The van der Waals surface area contributed by atoms with Gasteiger partial charge in [-0.1, -0.05) is 23.4 Å². The van der Waals surface area contributed by atoms with Crippen molar-refractivity contribution in [1.82, 2.24) is 9.62 Å². The summed E-state index contributed by atoms with van der Waals surface area (Å²) in [5, 5.41) is 6.92. The van der Waals surface area contributed by atoms with Crippen LogP contribution in [0.1, 0.15) is 43.0 Å². The zero-order valence-electron chi connectivity index (χ0n) is 21.6. The third-order valence-corrected chi connectivity index (χ3v) is 9.62. The molecule has 0 saturated heterocycles. The largest absolute Gasteiger partial charge is 0.416 e. The van der Waals surface area contributed by atoms with Crippen LogP contribution in [0.25, 0.3) is 0 Å². The number of benzene rings is 3. The molecule has 0 unspecified atom stereocenters. The molecule has 0 radical (unpaired) electrons. The molecular formula is C27H19ClF5N3O4S2. The highest BCUT2D eigenvalue weighted by atomic mass is 35.5. The van der Waals surface area contributed by atoms with Crippen LogP contribution in [-0.4, -0.2) is 38.6 Å². The van der Waals surface area contributed by atoms with Gasteiger partial charge in [0.1, 0.15) is 17.2 Å². The maximum Gasteiger partial charge on any atom is 0.416 e. The van der Waals surface area contributed by atoms with Gasteiger partial charge in [-0.15, -0.1) is 0 Å². The Kier molecular flexibility index (Phi) is 7.41. The number of nitrogens with one attached hydrogen (secondary N) is 2. The van der Waals surface area contributed by atoms with Crippen molar-refractivity contribution in [2.24, 2.45) is 0 Å². The number of hydrogen-bond acceptors (Lipinski definition) is 5. The predicted octanol–water partition coefficient (Wildman–Crippen LogP) is 5.86. The minimum atomic E-state index is -4.95. The third-order valence-electron chi connectivity index (χ3n) is 6.70. The lowest BCUT2D eigenvalue weighted by Gasteiger charge is -2.31. The fraction of sp³-hybridized carbons (Fsp3) is 0.185. The lowest BCUT2D eigenvalue weighted by molar-refractivity contribution is -0.137. The van der Waals surface area contributed by atoms with Gasteiger partial charge in [-0.2, -0.15) is 13.2 Å². The molecule has 0 fully saturated rings. The lowest BCUT2D eigenvalue weighted by Crippen LogP contribution is -2.40. The van der Waals surface area contributed by atoms with E-state index in [4.69, 9.17) is 11.6 Å². The fourth-order valence-electron chi connectivity index (χ4n) is 4.70. The van der Waals surface area contributed by atoms with Crippen LogP contribution < -0.4 is 10.6 Å². The minimum Gasteiger partial charge on any atom is -0.334 e. The van der Waals surface area contributed by atoms with Crippen LogP contribution in [0, 0.1) is 11.6 Å². The summed E-state index contributed by atoms with van der Waals surface area (Å²) in [6.45, 7) is 0. The average molecular weight is 644 g/mol. The first-order valence-corrected chi connectivity index (χ1v) is 14.8. The van der Waals surface area contributed by atoms with E-state index in [-0.39, 0.29) is 39.0 Å². The molecule has 3 aromatic rings. The van der Waals surface area contributed by atoms with Gasteiger partial charge in [-0.25, -0.2) is 21.5 Å². The Bertz CT molecular complexity index is 1810. The highest BCUT2D eigenvalue weighted by molar-refractivity contribution is 8.12. The monoisotopic (exact) mass is 643 g/mol. The summed E-state index contributed by atoms with van der Waals surface area (Å²) in [6.07, 6.45) is -4.95.